The van der Waals surface area contributed by atoms with Gasteiger partial charge in [-0.05, 0) is 43.7 Å². The molecule has 1 N–H and O–H groups in total. The molecule has 2 rings (SSSR count). The van der Waals surface area contributed by atoms with Crippen LogP contribution in [0.1, 0.15) is 33.6 Å². The van der Waals surface area contributed by atoms with Gasteiger partial charge in [0.05, 0.1) is 0 Å². The minimum Gasteiger partial charge on any atom is -0.342 e. The van der Waals surface area contributed by atoms with Gasteiger partial charge in [-0.2, -0.15) is 0 Å². The summed E-state index contributed by atoms with van der Waals surface area (Å²) >= 11 is 0. The van der Waals surface area contributed by atoms with E-state index in [0.717, 1.165) is 38.0 Å². The maximum absolute atomic E-state index is 12.3. The van der Waals surface area contributed by atoms with Gasteiger partial charge < -0.3 is 10.2 Å². The number of halogens is 1. The van der Waals surface area contributed by atoms with E-state index in [0.29, 0.717) is 11.8 Å². The Morgan fingerprint density at radius 3 is 2.50 bits per heavy atom. The zero-order valence-corrected chi connectivity index (χ0v) is 12.6. The van der Waals surface area contributed by atoms with Crippen molar-refractivity contribution in [3.05, 3.63) is 0 Å². The van der Waals surface area contributed by atoms with Crippen molar-refractivity contribution in [3.8, 4) is 0 Å². The highest BCUT2D eigenvalue weighted by molar-refractivity contribution is 5.85. The van der Waals surface area contributed by atoms with E-state index < -0.39 is 0 Å². The number of likely N-dealkylation sites (tertiary alicyclic amines) is 1. The zero-order valence-electron chi connectivity index (χ0n) is 11.8. The van der Waals surface area contributed by atoms with Crippen molar-refractivity contribution < 1.29 is 4.79 Å². The molecule has 2 aliphatic rings. The highest BCUT2D eigenvalue weighted by Gasteiger charge is 2.34. The Morgan fingerprint density at radius 2 is 2.00 bits per heavy atom. The van der Waals surface area contributed by atoms with Crippen LogP contribution in [0.2, 0.25) is 0 Å². The van der Waals surface area contributed by atoms with Crippen LogP contribution >= 0.6 is 12.4 Å². The molecule has 2 unspecified atom stereocenters. The van der Waals surface area contributed by atoms with Crippen LogP contribution in [0, 0.1) is 23.7 Å². The third kappa shape index (κ3) is 3.61. The molecule has 0 saturated carbocycles. The van der Waals surface area contributed by atoms with Gasteiger partial charge in [-0.3, -0.25) is 4.79 Å². The van der Waals surface area contributed by atoms with Crippen LogP contribution in [0.25, 0.3) is 0 Å². The van der Waals surface area contributed by atoms with E-state index in [-0.39, 0.29) is 18.3 Å². The smallest absolute Gasteiger partial charge is 0.225 e. The molecule has 106 valence electrons. The number of nitrogens with zero attached hydrogens (tertiary/aromatic N) is 1. The molecule has 0 aromatic carbocycles. The first-order valence-corrected chi connectivity index (χ1v) is 7.07. The topological polar surface area (TPSA) is 32.3 Å². The second-order valence-corrected chi connectivity index (χ2v) is 6.28. The summed E-state index contributed by atoms with van der Waals surface area (Å²) in [6, 6.07) is 0. The van der Waals surface area contributed by atoms with Crippen LogP contribution in [0.15, 0.2) is 0 Å². The molecule has 2 aliphatic heterocycles. The van der Waals surface area contributed by atoms with E-state index in [1.807, 2.05) is 0 Å². The van der Waals surface area contributed by atoms with Crippen LogP contribution < -0.4 is 5.32 Å². The van der Waals surface area contributed by atoms with E-state index >= 15 is 0 Å². The SMILES string of the molecule is CC(C)CC1CCN(C(=O)C(C)C2CNC2)C1.Cl. The highest BCUT2D eigenvalue weighted by atomic mass is 35.5. The summed E-state index contributed by atoms with van der Waals surface area (Å²) in [5.74, 6) is 2.68. The van der Waals surface area contributed by atoms with Crippen molar-refractivity contribution in [1.82, 2.24) is 10.2 Å². The first-order valence-electron chi connectivity index (χ1n) is 7.07. The van der Waals surface area contributed by atoms with Gasteiger partial charge in [-0.1, -0.05) is 20.8 Å². The summed E-state index contributed by atoms with van der Waals surface area (Å²) in [6.07, 6.45) is 2.47. The lowest BCUT2D eigenvalue weighted by molar-refractivity contribution is -0.136. The quantitative estimate of drug-likeness (QED) is 0.852. The Kier molecular flexibility index (Phi) is 5.93. The Hall–Kier alpha value is -0.280. The summed E-state index contributed by atoms with van der Waals surface area (Å²) in [4.78, 5) is 14.4. The van der Waals surface area contributed by atoms with Crippen LogP contribution in [0.4, 0.5) is 0 Å². The van der Waals surface area contributed by atoms with E-state index in [1.165, 1.54) is 12.8 Å². The summed E-state index contributed by atoms with van der Waals surface area (Å²) in [7, 11) is 0. The Balaban J connectivity index is 0.00000162. The molecular weight excluding hydrogens is 248 g/mol. The monoisotopic (exact) mass is 274 g/mol. The second-order valence-electron chi connectivity index (χ2n) is 6.28. The van der Waals surface area contributed by atoms with Gasteiger partial charge in [-0.25, -0.2) is 0 Å². The molecule has 0 aromatic heterocycles. The molecule has 1 amide bonds. The zero-order chi connectivity index (χ0) is 12.4. The number of amides is 1. The van der Waals surface area contributed by atoms with Crippen molar-refractivity contribution in [2.45, 2.75) is 33.6 Å². The molecule has 0 spiro atoms. The molecule has 3 nitrogen and oxygen atoms in total. The normalized spacial score (nSPS) is 25.8. The van der Waals surface area contributed by atoms with E-state index in [1.54, 1.807) is 0 Å². The Morgan fingerprint density at radius 1 is 1.33 bits per heavy atom. The van der Waals surface area contributed by atoms with Crippen LogP contribution in [-0.4, -0.2) is 37.0 Å². The van der Waals surface area contributed by atoms with Crippen molar-refractivity contribution in [1.29, 1.82) is 0 Å². The molecule has 4 heteroatoms. The highest BCUT2D eigenvalue weighted by Crippen LogP contribution is 2.26. The van der Waals surface area contributed by atoms with Gasteiger partial charge in [0.25, 0.3) is 0 Å². The number of carbonyl (C=O) groups excluding carboxylic acids is 1. The fourth-order valence-electron chi connectivity index (χ4n) is 3.05. The second kappa shape index (κ2) is 6.76. The van der Waals surface area contributed by atoms with Crippen molar-refractivity contribution in [2.75, 3.05) is 26.2 Å². The minimum atomic E-state index is 0. The molecule has 2 fully saturated rings. The first-order chi connectivity index (χ1) is 8.08. The lowest BCUT2D eigenvalue weighted by Gasteiger charge is -2.34. The molecule has 0 bridgehead atoms. The van der Waals surface area contributed by atoms with E-state index in [9.17, 15) is 4.79 Å². The molecule has 0 aliphatic carbocycles. The Bertz CT molecular complexity index is 279. The van der Waals surface area contributed by atoms with Crippen molar-refractivity contribution >= 4 is 18.3 Å². The van der Waals surface area contributed by atoms with Gasteiger partial charge >= 0.3 is 0 Å². The largest absolute Gasteiger partial charge is 0.342 e. The molecule has 0 aromatic rings. The van der Waals surface area contributed by atoms with Gasteiger partial charge in [0.1, 0.15) is 0 Å². The van der Waals surface area contributed by atoms with Gasteiger partial charge in [0.2, 0.25) is 5.91 Å². The molecule has 0 radical (unpaired) electrons. The maximum atomic E-state index is 12.3. The maximum Gasteiger partial charge on any atom is 0.225 e. The predicted molar refractivity (Wildman–Crippen MR) is 76.9 cm³/mol. The molecule has 18 heavy (non-hydrogen) atoms. The van der Waals surface area contributed by atoms with E-state index in [2.05, 4.69) is 31.0 Å². The van der Waals surface area contributed by atoms with Crippen LogP contribution in [0.5, 0.6) is 0 Å². The number of rotatable bonds is 4. The predicted octanol–water partition coefficient (Wildman–Crippen LogP) is 2.16. The molecule has 2 heterocycles. The lowest BCUT2D eigenvalue weighted by atomic mass is 9.88. The summed E-state index contributed by atoms with van der Waals surface area (Å²) in [5, 5.41) is 3.25. The fraction of sp³-hybridized carbons (Fsp3) is 0.929. The Labute approximate surface area is 117 Å². The van der Waals surface area contributed by atoms with E-state index in [4.69, 9.17) is 0 Å². The van der Waals surface area contributed by atoms with Crippen molar-refractivity contribution in [2.24, 2.45) is 23.7 Å². The number of nitrogens with one attached hydrogen (secondary N) is 1. The van der Waals surface area contributed by atoms with Gasteiger partial charge in [0, 0.05) is 19.0 Å². The molecule has 2 atom stereocenters. The third-order valence-electron chi connectivity index (χ3n) is 4.31. The lowest BCUT2D eigenvalue weighted by Crippen LogP contribution is -2.50. The first kappa shape index (κ1) is 15.8. The van der Waals surface area contributed by atoms with Crippen LogP contribution in [0.3, 0.4) is 0 Å². The number of hydrogen-bond donors (Lipinski definition) is 1. The third-order valence-corrected chi connectivity index (χ3v) is 4.31. The minimum absolute atomic E-state index is 0. The summed E-state index contributed by atoms with van der Waals surface area (Å²) in [6.45, 7) is 10.7. The summed E-state index contributed by atoms with van der Waals surface area (Å²) in [5.41, 5.74) is 0. The number of carbonyl (C=O) groups is 1. The average molecular weight is 275 g/mol. The fourth-order valence-corrected chi connectivity index (χ4v) is 3.05. The number of hydrogen-bond acceptors (Lipinski definition) is 2. The molecule has 2 saturated heterocycles. The van der Waals surface area contributed by atoms with Gasteiger partial charge in [-0.15, -0.1) is 12.4 Å². The summed E-state index contributed by atoms with van der Waals surface area (Å²) < 4.78 is 0. The van der Waals surface area contributed by atoms with Crippen LogP contribution in [-0.2, 0) is 4.79 Å². The molecular formula is C14H27ClN2O. The standard InChI is InChI=1S/C14H26N2O.ClH/c1-10(2)6-12-4-5-16(9-12)14(17)11(3)13-7-15-8-13;/h10-13,15H,4-9H2,1-3H3;1H. The average Bonchev–Trinajstić information content (AvgIpc) is 2.61. The van der Waals surface area contributed by atoms with Gasteiger partial charge in [0.15, 0.2) is 0 Å². The van der Waals surface area contributed by atoms with Crippen molar-refractivity contribution in [3.63, 3.8) is 0 Å².